The molecule has 3 aliphatic heterocycles. The molecule has 0 unspecified atom stereocenters. The second-order valence-electron chi connectivity index (χ2n) is 6.22. The first-order valence-corrected chi connectivity index (χ1v) is 9.27. The van der Waals surface area contributed by atoms with E-state index in [4.69, 9.17) is 4.74 Å². The zero-order valence-corrected chi connectivity index (χ0v) is 14.7. The maximum absolute atomic E-state index is 12.6. The molecule has 3 aliphatic rings. The SMILES string of the molecule is COCCN1C(=O)[C@@H]2CC[C@H]1CN(C(=O)CSc1ccncc1)C2. The molecular formula is C17H23N3O3S. The van der Waals surface area contributed by atoms with E-state index in [9.17, 15) is 9.59 Å². The van der Waals surface area contributed by atoms with Crippen LogP contribution in [0.5, 0.6) is 0 Å². The predicted octanol–water partition coefficient (Wildman–Crippen LogP) is 1.27. The average molecular weight is 349 g/mol. The standard InChI is InChI=1S/C17H23N3O3S/c1-23-9-8-20-14-3-2-13(17(20)22)10-19(11-14)16(21)12-24-15-4-6-18-7-5-15/h4-7,13-14H,2-3,8-12H2,1H3/t13-,14+/m1/s1. The van der Waals surface area contributed by atoms with Crippen molar-refractivity contribution in [2.45, 2.75) is 23.8 Å². The molecular weight excluding hydrogens is 326 g/mol. The molecule has 0 radical (unpaired) electrons. The fourth-order valence-corrected chi connectivity index (χ4v) is 4.19. The van der Waals surface area contributed by atoms with Crippen LogP contribution in [0.25, 0.3) is 0 Å². The molecule has 7 heteroatoms. The summed E-state index contributed by atoms with van der Waals surface area (Å²) in [6.07, 6.45) is 5.31. The van der Waals surface area contributed by atoms with Crippen LogP contribution in [-0.4, -0.2) is 71.7 Å². The van der Waals surface area contributed by atoms with Crippen LogP contribution in [-0.2, 0) is 14.3 Å². The number of carbonyl (C=O) groups is 2. The summed E-state index contributed by atoms with van der Waals surface area (Å²) in [6, 6.07) is 3.93. The van der Waals surface area contributed by atoms with Gasteiger partial charge in [0.25, 0.3) is 0 Å². The van der Waals surface area contributed by atoms with Gasteiger partial charge in [0.05, 0.1) is 18.3 Å². The number of hydrogen-bond donors (Lipinski definition) is 0. The van der Waals surface area contributed by atoms with Crippen molar-refractivity contribution >= 4 is 23.6 Å². The number of nitrogens with zero attached hydrogens (tertiary/aromatic N) is 3. The summed E-state index contributed by atoms with van der Waals surface area (Å²) in [7, 11) is 1.65. The van der Waals surface area contributed by atoms with E-state index < -0.39 is 0 Å². The monoisotopic (exact) mass is 349 g/mol. The number of methoxy groups -OCH3 is 1. The van der Waals surface area contributed by atoms with E-state index in [1.54, 1.807) is 19.5 Å². The summed E-state index contributed by atoms with van der Waals surface area (Å²) in [5, 5.41) is 0. The van der Waals surface area contributed by atoms with Gasteiger partial charge in [-0.3, -0.25) is 14.6 Å². The lowest BCUT2D eigenvalue weighted by Crippen LogP contribution is -2.49. The number of pyridine rings is 1. The predicted molar refractivity (Wildman–Crippen MR) is 91.6 cm³/mol. The van der Waals surface area contributed by atoms with Crippen molar-refractivity contribution in [2.75, 3.05) is 39.1 Å². The average Bonchev–Trinajstić information content (AvgIpc) is 2.90. The molecule has 0 saturated carbocycles. The second-order valence-corrected chi connectivity index (χ2v) is 7.27. The van der Waals surface area contributed by atoms with Gasteiger partial charge in [-0.05, 0) is 25.0 Å². The van der Waals surface area contributed by atoms with Gasteiger partial charge in [0, 0.05) is 50.1 Å². The van der Waals surface area contributed by atoms with Crippen LogP contribution >= 0.6 is 11.8 Å². The Hall–Kier alpha value is -1.60. The third kappa shape index (κ3) is 3.89. The van der Waals surface area contributed by atoms with Crippen LogP contribution in [0.3, 0.4) is 0 Å². The van der Waals surface area contributed by atoms with E-state index in [1.807, 2.05) is 21.9 Å². The van der Waals surface area contributed by atoms with E-state index in [0.717, 1.165) is 17.7 Å². The Bertz CT molecular complexity index is 584. The van der Waals surface area contributed by atoms with E-state index in [2.05, 4.69) is 4.98 Å². The zero-order valence-electron chi connectivity index (χ0n) is 13.9. The number of piperidine rings is 1. The van der Waals surface area contributed by atoms with Crippen molar-refractivity contribution in [3.8, 4) is 0 Å². The number of thioether (sulfide) groups is 1. The fourth-order valence-electron chi connectivity index (χ4n) is 3.40. The minimum atomic E-state index is -0.0597. The van der Waals surface area contributed by atoms with Crippen molar-refractivity contribution in [1.82, 2.24) is 14.8 Å². The lowest BCUT2D eigenvalue weighted by Gasteiger charge is -2.35. The Morgan fingerprint density at radius 3 is 2.88 bits per heavy atom. The van der Waals surface area contributed by atoms with Crippen molar-refractivity contribution < 1.29 is 14.3 Å². The highest BCUT2D eigenvalue weighted by atomic mass is 32.2. The Morgan fingerprint density at radius 1 is 1.33 bits per heavy atom. The molecule has 24 heavy (non-hydrogen) atoms. The normalized spacial score (nSPS) is 23.5. The number of fused-ring (bicyclic) bond motifs is 4. The van der Waals surface area contributed by atoms with E-state index in [-0.39, 0.29) is 23.8 Å². The van der Waals surface area contributed by atoms with Gasteiger partial charge >= 0.3 is 0 Å². The number of hydrogen-bond acceptors (Lipinski definition) is 5. The summed E-state index contributed by atoms with van der Waals surface area (Å²) in [5.74, 6) is 0.626. The third-order valence-electron chi connectivity index (χ3n) is 4.69. The minimum absolute atomic E-state index is 0.0597. The van der Waals surface area contributed by atoms with Gasteiger partial charge in [-0.1, -0.05) is 0 Å². The number of carbonyl (C=O) groups excluding carboxylic acids is 2. The van der Waals surface area contributed by atoms with E-state index in [1.165, 1.54) is 11.8 Å². The van der Waals surface area contributed by atoms with E-state index >= 15 is 0 Å². The van der Waals surface area contributed by atoms with Crippen molar-refractivity contribution in [2.24, 2.45) is 5.92 Å². The topological polar surface area (TPSA) is 62.7 Å². The quantitative estimate of drug-likeness (QED) is 0.724. The molecule has 1 aromatic heterocycles. The third-order valence-corrected chi connectivity index (χ3v) is 5.69. The van der Waals surface area contributed by atoms with Crippen LogP contribution in [0.15, 0.2) is 29.4 Å². The highest BCUT2D eigenvalue weighted by molar-refractivity contribution is 8.00. The highest BCUT2D eigenvalue weighted by Gasteiger charge is 2.41. The molecule has 4 rings (SSSR count). The first-order chi connectivity index (χ1) is 11.7. The molecule has 0 aliphatic carbocycles. The molecule has 2 atom stereocenters. The molecule has 1 aromatic rings. The smallest absolute Gasteiger partial charge is 0.233 e. The number of aromatic nitrogens is 1. The number of ether oxygens (including phenoxy) is 1. The Kier molecular flexibility index (Phi) is 5.73. The highest BCUT2D eigenvalue weighted by Crippen LogP contribution is 2.29. The van der Waals surface area contributed by atoms with Gasteiger partial charge in [-0.25, -0.2) is 0 Å². The van der Waals surface area contributed by atoms with Crippen LogP contribution < -0.4 is 0 Å². The van der Waals surface area contributed by atoms with Crippen molar-refractivity contribution in [1.29, 1.82) is 0 Å². The first kappa shape index (κ1) is 17.2. The number of rotatable bonds is 6. The second kappa shape index (κ2) is 7.98. The van der Waals surface area contributed by atoms with Crippen LogP contribution in [0.2, 0.25) is 0 Å². The number of amides is 2. The minimum Gasteiger partial charge on any atom is -0.383 e. The summed E-state index contributed by atoms with van der Waals surface area (Å²) in [6.45, 7) is 2.35. The molecule has 130 valence electrons. The summed E-state index contributed by atoms with van der Waals surface area (Å²) in [4.78, 5) is 34.0. The lowest BCUT2D eigenvalue weighted by atomic mass is 9.94. The molecule has 0 aromatic carbocycles. The molecule has 2 amide bonds. The van der Waals surface area contributed by atoms with Gasteiger partial charge in [0.2, 0.25) is 11.8 Å². The van der Waals surface area contributed by atoms with E-state index in [0.29, 0.717) is 32.0 Å². The Morgan fingerprint density at radius 2 is 2.12 bits per heavy atom. The van der Waals surface area contributed by atoms with Crippen molar-refractivity contribution in [3.63, 3.8) is 0 Å². The maximum Gasteiger partial charge on any atom is 0.233 e. The first-order valence-electron chi connectivity index (χ1n) is 8.29. The molecule has 6 nitrogen and oxygen atoms in total. The van der Waals surface area contributed by atoms with Crippen LogP contribution in [0.1, 0.15) is 12.8 Å². The molecule has 4 heterocycles. The Labute approximate surface area is 146 Å². The lowest BCUT2D eigenvalue weighted by molar-refractivity contribution is -0.140. The fraction of sp³-hybridized carbons (Fsp3) is 0.588. The van der Waals surface area contributed by atoms with Crippen LogP contribution in [0, 0.1) is 5.92 Å². The molecule has 3 saturated heterocycles. The largest absolute Gasteiger partial charge is 0.383 e. The van der Waals surface area contributed by atoms with Gasteiger partial charge in [0.1, 0.15) is 0 Å². The van der Waals surface area contributed by atoms with Crippen molar-refractivity contribution in [3.05, 3.63) is 24.5 Å². The summed E-state index contributed by atoms with van der Waals surface area (Å²) < 4.78 is 5.12. The Balaban J connectivity index is 1.61. The molecule has 2 bridgehead atoms. The van der Waals surface area contributed by atoms with Gasteiger partial charge in [-0.15, -0.1) is 11.8 Å². The molecule has 0 N–H and O–H groups in total. The maximum atomic E-state index is 12.6. The molecule has 3 fully saturated rings. The van der Waals surface area contributed by atoms with Gasteiger partial charge in [-0.2, -0.15) is 0 Å². The van der Waals surface area contributed by atoms with Gasteiger partial charge < -0.3 is 14.5 Å². The summed E-state index contributed by atoms with van der Waals surface area (Å²) >= 11 is 1.52. The van der Waals surface area contributed by atoms with Gasteiger partial charge in [0.15, 0.2) is 0 Å². The molecule has 0 spiro atoms. The zero-order chi connectivity index (χ0) is 16.9. The summed E-state index contributed by atoms with van der Waals surface area (Å²) in [5.41, 5.74) is 0. The van der Waals surface area contributed by atoms with Crippen LogP contribution in [0.4, 0.5) is 0 Å².